The van der Waals surface area contributed by atoms with E-state index in [0.717, 1.165) is 19.3 Å². The quantitative estimate of drug-likeness (QED) is 0.811. The third-order valence-corrected chi connectivity index (χ3v) is 6.64. The third kappa shape index (κ3) is 2.74. The standard InChI is InChI=1S/C23H22N2O4/c1-29-16-6-4-5-15(12-16)24-21(26)17-7-2-3-8-18(17)25-22(27)19-13-9-10-14(11-13)20(19)23(25)28/h2-8,12-14,19-20H,9-11H2,1H3,(H,24,26)/t13-,14-,19+,20+/m0/s1. The van der Waals surface area contributed by atoms with E-state index in [9.17, 15) is 14.4 Å². The maximum atomic E-state index is 13.2. The highest BCUT2D eigenvalue weighted by Crippen LogP contribution is 2.56. The lowest BCUT2D eigenvalue weighted by Gasteiger charge is -2.20. The van der Waals surface area contributed by atoms with Crippen molar-refractivity contribution in [3.05, 3.63) is 54.1 Å². The van der Waals surface area contributed by atoms with Crippen molar-refractivity contribution < 1.29 is 19.1 Å². The van der Waals surface area contributed by atoms with Crippen LogP contribution in [0.1, 0.15) is 29.6 Å². The molecule has 1 N–H and O–H groups in total. The number of anilines is 2. The van der Waals surface area contributed by atoms with Crippen LogP contribution in [0, 0.1) is 23.7 Å². The summed E-state index contributed by atoms with van der Waals surface area (Å²) in [6.07, 6.45) is 3.03. The Labute approximate surface area is 168 Å². The molecular weight excluding hydrogens is 368 g/mol. The number of imide groups is 1. The molecule has 3 amide bonds. The van der Waals surface area contributed by atoms with E-state index in [1.54, 1.807) is 55.6 Å². The fraction of sp³-hybridized carbons (Fsp3) is 0.348. The number of fused-ring (bicyclic) bond motifs is 5. The molecule has 2 saturated carbocycles. The second-order valence-electron chi connectivity index (χ2n) is 8.10. The average molecular weight is 390 g/mol. The molecule has 2 aliphatic carbocycles. The van der Waals surface area contributed by atoms with Crippen molar-refractivity contribution in [2.75, 3.05) is 17.3 Å². The van der Waals surface area contributed by atoms with Gasteiger partial charge in [0, 0.05) is 11.8 Å². The summed E-state index contributed by atoms with van der Waals surface area (Å²) < 4.78 is 5.19. The van der Waals surface area contributed by atoms with Crippen LogP contribution in [0.5, 0.6) is 5.75 Å². The van der Waals surface area contributed by atoms with Gasteiger partial charge in [-0.3, -0.25) is 14.4 Å². The zero-order chi connectivity index (χ0) is 20.1. The number of nitrogens with zero attached hydrogens (tertiary/aromatic N) is 1. The summed E-state index contributed by atoms with van der Waals surface area (Å²) in [5.41, 5.74) is 1.26. The third-order valence-electron chi connectivity index (χ3n) is 6.64. The molecule has 148 valence electrons. The number of amides is 3. The van der Waals surface area contributed by atoms with Crippen molar-refractivity contribution in [3.8, 4) is 5.75 Å². The van der Waals surface area contributed by atoms with Crippen LogP contribution >= 0.6 is 0 Å². The number of rotatable bonds is 4. The van der Waals surface area contributed by atoms with Gasteiger partial charge in [-0.15, -0.1) is 0 Å². The van der Waals surface area contributed by atoms with Crippen molar-refractivity contribution in [2.45, 2.75) is 19.3 Å². The second-order valence-corrected chi connectivity index (χ2v) is 8.10. The Morgan fingerprint density at radius 3 is 2.38 bits per heavy atom. The van der Waals surface area contributed by atoms with E-state index in [1.165, 1.54) is 4.90 Å². The highest BCUT2D eigenvalue weighted by molar-refractivity contribution is 6.25. The lowest BCUT2D eigenvalue weighted by molar-refractivity contribution is -0.123. The molecule has 2 bridgehead atoms. The number of hydrogen-bond donors (Lipinski definition) is 1. The van der Waals surface area contributed by atoms with Gasteiger partial charge in [0.2, 0.25) is 11.8 Å². The maximum Gasteiger partial charge on any atom is 0.257 e. The van der Waals surface area contributed by atoms with Gasteiger partial charge >= 0.3 is 0 Å². The Bertz CT molecular complexity index is 989. The van der Waals surface area contributed by atoms with Gasteiger partial charge in [0.05, 0.1) is 30.2 Å². The largest absolute Gasteiger partial charge is 0.497 e. The molecule has 6 nitrogen and oxygen atoms in total. The van der Waals surface area contributed by atoms with E-state index in [1.807, 2.05) is 0 Å². The topological polar surface area (TPSA) is 75.7 Å². The molecule has 1 heterocycles. The van der Waals surface area contributed by atoms with Gasteiger partial charge in [-0.25, -0.2) is 4.90 Å². The first-order valence-electron chi connectivity index (χ1n) is 10.0. The molecule has 1 saturated heterocycles. The first-order valence-corrected chi connectivity index (χ1v) is 10.0. The van der Waals surface area contributed by atoms with E-state index in [0.29, 0.717) is 34.5 Å². The van der Waals surface area contributed by atoms with Gasteiger partial charge in [0.25, 0.3) is 5.91 Å². The van der Waals surface area contributed by atoms with Crippen molar-refractivity contribution in [2.24, 2.45) is 23.7 Å². The smallest absolute Gasteiger partial charge is 0.257 e. The number of carbonyl (C=O) groups is 3. The van der Waals surface area contributed by atoms with Crippen LogP contribution < -0.4 is 15.0 Å². The van der Waals surface area contributed by atoms with Crippen LogP contribution in [0.3, 0.4) is 0 Å². The summed E-state index contributed by atoms with van der Waals surface area (Å²) in [7, 11) is 1.56. The Morgan fingerprint density at radius 1 is 1.00 bits per heavy atom. The number of methoxy groups -OCH3 is 1. The Morgan fingerprint density at radius 2 is 1.69 bits per heavy atom. The molecular formula is C23H22N2O4. The Balaban J connectivity index is 1.46. The highest BCUT2D eigenvalue weighted by atomic mass is 16.5. The fourth-order valence-electron chi connectivity index (χ4n) is 5.41. The van der Waals surface area contributed by atoms with E-state index in [2.05, 4.69) is 5.32 Å². The predicted octanol–water partition coefficient (Wildman–Crippen LogP) is 3.48. The Kier molecular flexibility index (Phi) is 4.15. The van der Waals surface area contributed by atoms with E-state index < -0.39 is 0 Å². The SMILES string of the molecule is COc1cccc(NC(=O)c2ccccc2N2C(=O)[C@@H]3[C@H]4CC[C@@H](C4)[C@H]3C2=O)c1. The van der Waals surface area contributed by atoms with Gasteiger partial charge in [0.15, 0.2) is 0 Å². The van der Waals surface area contributed by atoms with Crippen molar-refractivity contribution in [3.63, 3.8) is 0 Å². The molecule has 4 atom stereocenters. The summed E-state index contributed by atoms with van der Waals surface area (Å²) in [6, 6.07) is 13.9. The molecule has 2 aromatic carbocycles. The molecule has 5 rings (SSSR count). The van der Waals surface area contributed by atoms with Crippen molar-refractivity contribution in [1.29, 1.82) is 0 Å². The number of benzene rings is 2. The maximum absolute atomic E-state index is 13.2. The van der Waals surface area contributed by atoms with Gasteiger partial charge < -0.3 is 10.1 Å². The summed E-state index contributed by atoms with van der Waals surface area (Å²) in [4.78, 5) is 40.6. The molecule has 0 radical (unpaired) electrons. The summed E-state index contributed by atoms with van der Waals surface area (Å²) >= 11 is 0. The molecule has 6 heteroatoms. The van der Waals surface area contributed by atoms with Crippen LogP contribution in [0.2, 0.25) is 0 Å². The molecule has 3 aliphatic rings. The monoisotopic (exact) mass is 390 g/mol. The van der Waals surface area contributed by atoms with Crippen molar-refractivity contribution >= 4 is 29.1 Å². The number of ether oxygens (including phenoxy) is 1. The van der Waals surface area contributed by atoms with Gasteiger partial charge in [-0.2, -0.15) is 0 Å². The molecule has 2 aromatic rings. The normalized spacial score (nSPS) is 27.3. The molecule has 0 aromatic heterocycles. The fourth-order valence-corrected chi connectivity index (χ4v) is 5.41. The van der Waals surface area contributed by atoms with Crippen LogP contribution in [-0.4, -0.2) is 24.8 Å². The number of hydrogen-bond acceptors (Lipinski definition) is 4. The minimum Gasteiger partial charge on any atom is -0.497 e. The second kappa shape index (κ2) is 6.72. The average Bonchev–Trinajstić information content (AvgIpc) is 3.42. The van der Waals surface area contributed by atoms with Gasteiger partial charge in [0.1, 0.15) is 5.75 Å². The first-order chi connectivity index (χ1) is 14.1. The molecule has 29 heavy (non-hydrogen) atoms. The molecule has 0 unspecified atom stereocenters. The van der Waals surface area contributed by atoms with E-state index >= 15 is 0 Å². The van der Waals surface area contributed by atoms with E-state index in [-0.39, 0.29) is 29.6 Å². The Hall–Kier alpha value is -3.15. The predicted molar refractivity (Wildman–Crippen MR) is 108 cm³/mol. The number of para-hydroxylation sites is 1. The lowest BCUT2D eigenvalue weighted by Crippen LogP contribution is -2.34. The minimum atomic E-state index is -0.366. The summed E-state index contributed by atoms with van der Waals surface area (Å²) in [5, 5.41) is 2.84. The number of carbonyl (C=O) groups excluding carboxylic acids is 3. The molecule has 1 aliphatic heterocycles. The van der Waals surface area contributed by atoms with Crippen LogP contribution in [0.15, 0.2) is 48.5 Å². The summed E-state index contributed by atoms with van der Waals surface area (Å²) in [6.45, 7) is 0. The van der Waals surface area contributed by atoms with Crippen LogP contribution in [0.4, 0.5) is 11.4 Å². The summed E-state index contributed by atoms with van der Waals surface area (Å²) in [5.74, 6) is 0.168. The first kappa shape index (κ1) is 17.9. The van der Waals surface area contributed by atoms with E-state index in [4.69, 9.17) is 4.74 Å². The lowest BCUT2D eigenvalue weighted by atomic mass is 9.81. The highest BCUT2D eigenvalue weighted by Gasteiger charge is 2.61. The van der Waals surface area contributed by atoms with Gasteiger partial charge in [-0.1, -0.05) is 18.2 Å². The zero-order valence-corrected chi connectivity index (χ0v) is 16.1. The van der Waals surface area contributed by atoms with Crippen molar-refractivity contribution in [1.82, 2.24) is 0 Å². The zero-order valence-electron chi connectivity index (χ0n) is 16.1. The number of nitrogens with one attached hydrogen (secondary N) is 1. The van der Waals surface area contributed by atoms with Crippen LogP contribution in [0.25, 0.3) is 0 Å². The van der Waals surface area contributed by atoms with Gasteiger partial charge in [-0.05, 0) is 55.4 Å². The minimum absolute atomic E-state index is 0.145. The molecule has 3 fully saturated rings. The van der Waals surface area contributed by atoms with Crippen LogP contribution in [-0.2, 0) is 9.59 Å². The molecule has 0 spiro atoms.